The van der Waals surface area contributed by atoms with E-state index in [1.54, 1.807) is 27.9 Å². The van der Waals surface area contributed by atoms with Crippen LogP contribution in [0.5, 0.6) is 0 Å². The molecule has 0 aliphatic carbocycles. The lowest BCUT2D eigenvalue weighted by Gasteiger charge is -2.06. The number of nitrogens with zero attached hydrogens (tertiary/aromatic N) is 3. The van der Waals surface area contributed by atoms with E-state index < -0.39 is 0 Å². The zero-order chi connectivity index (χ0) is 21.5. The fourth-order valence-electron chi connectivity index (χ4n) is 4.09. The normalized spacial score (nSPS) is 13.7. The van der Waals surface area contributed by atoms with Crippen LogP contribution in [0.3, 0.4) is 0 Å². The SMILES string of the molecule is CCc1cccc(-c2nc(C3=CC=CSC3)[nH]c2-c2ccc3c(c2)n(C)c(=O)n3C)c1. The molecule has 5 rings (SSSR count). The molecule has 3 heterocycles. The van der Waals surface area contributed by atoms with Gasteiger partial charge in [0.15, 0.2) is 0 Å². The molecular formula is C25H24N4OS. The first-order valence-electron chi connectivity index (χ1n) is 10.4. The van der Waals surface area contributed by atoms with Crippen molar-refractivity contribution in [3.05, 3.63) is 81.9 Å². The van der Waals surface area contributed by atoms with Gasteiger partial charge in [-0.2, -0.15) is 0 Å². The maximum Gasteiger partial charge on any atom is 0.328 e. The van der Waals surface area contributed by atoms with Crippen molar-refractivity contribution in [2.24, 2.45) is 14.1 Å². The summed E-state index contributed by atoms with van der Waals surface area (Å²) in [4.78, 5) is 21.0. The van der Waals surface area contributed by atoms with Crippen LogP contribution in [-0.4, -0.2) is 24.9 Å². The molecule has 1 aliphatic heterocycles. The number of hydrogen-bond acceptors (Lipinski definition) is 3. The minimum atomic E-state index is -0.0236. The molecule has 5 nitrogen and oxygen atoms in total. The number of hydrogen-bond donors (Lipinski definition) is 1. The molecule has 1 aliphatic rings. The lowest BCUT2D eigenvalue weighted by Crippen LogP contribution is -2.19. The molecule has 0 saturated heterocycles. The molecule has 0 bridgehead atoms. The summed E-state index contributed by atoms with van der Waals surface area (Å²) in [5.41, 5.74) is 8.29. The number of allylic oxidation sites excluding steroid dienone is 2. The van der Waals surface area contributed by atoms with E-state index in [1.807, 2.05) is 13.1 Å². The van der Waals surface area contributed by atoms with Crippen LogP contribution >= 0.6 is 11.8 Å². The zero-order valence-corrected chi connectivity index (χ0v) is 18.7. The van der Waals surface area contributed by atoms with Crippen LogP contribution in [0.25, 0.3) is 39.1 Å². The number of nitrogens with one attached hydrogen (secondary N) is 1. The van der Waals surface area contributed by atoms with Crippen LogP contribution in [0.15, 0.2) is 64.8 Å². The average molecular weight is 429 g/mol. The summed E-state index contributed by atoms with van der Waals surface area (Å²) in [6.07, 6.45) is 5.16. The van der Waals surface area contributed by atoms with Crippen molar-refractivity contribution in [3.8, 4) is 22.5 Å². The number of rotatable bonds is 4. The Balaban J connectivity index is 1.73. The van der Waals surface area contributed by atoms with E-state index in [0.29, 0.717) is 0 Å². The molecule has 0 spiro atoms. The number of fused-ring (bicyclic) bond motifs is 1. The Hall–Kier alpha value is -3.25. The van der Waals surface area contributed by atoms with Crippen LogP contribution in [0.1, 0.15) is 18.3 Å². The second-order valence-electron chi connectivity index (χ2n) is 7.80. The van der Waals surface area contributed by atoms with E-state index in [2.05, 4.69) is 65.9 Å². The molecule has 6 heteroatoms. The molecule has 0 saturated carbocycles. The molecule has 4 aromatic rings. The van der Waals surface area contributed by atoms with Crippen molar-refractivity contribution in [3.63, 3.8) is 0 Å². The predicted molar refractivity (Wildman–Crippen MR) is 130 cm³/mol. The van der Waals surface area contributed by atoms with Crippen LogP contribution in [0.2, 0.25) is 0 Å². The Morgan fingerprint density at radius 2 is 1.90 bits per heavy atom. The van der Waals surface area contributed by atoms with Crippen molar-refractivity contribution >= 4 is 28.4 Å². The number of H-pyrrole nitrogens is 1. The van der Waals surface area contributed by atoms with E-state index in [0.717, 1.165) is 51.5 Å². The van der Waals surface area contributed by atoms with Gasteiger partial charge in [0.1, 0.15) is 5.82 Å². The Kier molecular flexibility index (Phi) is 4.94. The Morgan fingerprint density at radius 3 is 2.68 bits per heavy atom. The maximum atomic E-state index is 12.4. The third-order valence-electron chi connectivity index (χ3n) is 5.89. The summed E-state index contributed by atoms with van der Waals surface area (Å²) in [7, 11) is 3.62. The van der Waals surface area contributed by atoms with Gasteiger partial charge in [-0.3, -0.25) is 9.13 Å². The van der Waals surface area contributed by atoms with E-state index >= 15 is 0 Å². The van der Waals surface area contributed by atoms with E-state index in [9.17, 15) is 4.79 Å². The number of benzene rings is 2. The largest absolute Gasteiger partial charge is 0.338 e. The first kappa shape index (κ1) is 19.7. The van der Waals surface area contributed by atoms with Crippen molar-refractivity contribution in [2.75, 3.05) is 5.75 Å². The number of thioether (sulfide) groups is 1. The first-order valence-corrected chi connectivity index (χ1v) is 11.4. The summed E-state index contributed by atoms with van der Waals surface area (Å²) in [5, 5.41) is 2.10. The van der Waals surface area contributed by atoms with Crippen LogP contribution in [0.4, 0.5) is 0 Å². The molecule has 0 fully saturated rings. The fraction of sp³-hybridized carbons (Fsp3) is 0.200. The molecule has 156 valence electrons. The molecule has 2 aromatic carbocycles. The van der Waals surface area contributed by atoms with Gasteiger partial charge in [0.25, 0.3) is 0 Å². The van der Waals surface area contributed by atoms with Crippen molar-refractivity contribution in [1.29, 1.82) is 0 Å². The van der Waals surface area contributed by atoms with Gasteiger partial charge in [-0.05, 0) is 35.6 Å². The molecular weight excluding hydrogens is 404 g/mol. The monoisotopic (exact) mass is 428 g/mol. The quantitative estimate of drug-likeness (QED) is 0.490. The summed E-state index contributed by atoms with van der Waals surface area (Å²) >= 11 is 1.77. The summed E-state index contributed by atoms with van der Waals surface area (Å²) in [5.74, 6) is 1.79. The Bertz CT molecular complexity index is 1420. The lowest BCUT2D eigenvalue weighted by atomic mass is 10.0. The zero-order valence-electron chi connectivity index (χ0n) is 17.8. The molecule has 31 heavy (non-hydrogen) atoms. The fourth-order valence-corrected chi connectivity index (χ4v) is 4.79. The highest BCUT2D eigenvalue weighted by molar-refractivity contribution is 8.02. The van der Waals surface area contributed by atoms with Gasteiger partial charge in [0.2, 0.25) is 0 Å². The van der Waals surface area contributed by atoms with Crippen LogP contribution in [0, 0.1) is 0 Å². The topological polar surface area (TPSA) is 55.6 Å². The summed E-state index contributed by atoms with van der Waals surface area (Å²) in [6, 6.07) is 14.7. The lowest BCUT2D eigenvalue weighted by molar-refractivity contribution is 0.795. The van der Waals surface area contributed by atoms with Gasteiger partial charge in [-0.1, -0.05) is 43.3 Å². The first-order chi connectivity index (χ1) is 15.1. The second-order valence-corrected chi connectivity index (χ2v) is 8.69. The van der Waals surface area contributed by atoms with Crippen LogP contribution < -0.4 is 5.69 Å². The van der Waals surface area contributed by atoms with Gasteiger partial charge in [-0.15, -0.1) is 11.8 Å². The van der Waals surface area contributed by atoms with Crippen molar-refractivity contribution in [2.45, 2.75) is 13.3 Å². The van der Waals surface area contributed by atoms with Gasteiger partial charge in [0.05, 0.1) is 22.4 Å². The van der Waals surface area contributed by atoms with Gasteiger partial charge in [0, 0.05) is 36.5 Å². The third kappa shape index (κ3) is 3.37. The van der Waals surface area contributed by atoms with Gasteiger partial charge >= 0.3 is 5.69 Å². The number of aromatic amines is 1. The predicted octanol–water partition coefficient (Wildman–Crippen LogP) is 5.14. The number of aromatic nitrogens is 4. The van der Waals surface area contributed by atoms with Crippen molar-refractivity contribution in [1.82, 2.24) is 19.1 Å². The van der Waals surface area contributed by atoms with Crippen LogP contribution in [-0.2, 0) is 20.5 Å². The second kappa shape index (κ2) is 7.78. The number of imidazole rings is 2. The third-order valence-corrected chi connectivity index (χ3v) is 6.72. The maximum absolute atomic E-state index is 12.4. The smallest absolute Gasteiger partial charge is 0.328 e. The summed E-state index contributed by atoms with van der Waals surface area (Å²) in [6.45, 7) is 2.16. The summed E-state index contributed by atoms with van der Waals surface area (Å²) < 4.78 is 3.37. The highest BCUT2D eigenvalue weighted by atomic mass is 32.2. The standard InChI is InChI=1S/C25H24N4OS/c1-4-16-7-5-8-17(13-16)22-23(27-24(26-22)19-9-6-12-31-15-19)18-10-11-20-21(14-18)29(3)25(30)28(20)2/h5-14H,4,15H2,1-3H3,(H,26,27). The average Bonchev–Trinajstić information content (AvgIpc) is 3.36. The molecule has 0 atom stereocenters. The van der Waals surface area contributed by atoms with E-state index in [4.69, 9.17) is 4.98 Å². The molecule has 0 unspecified atom stereocenters. The molecule has 2 aromatic heterocycles. The minimum Gasteiger partial charge on any atom is -0.338 e. The molecule has 0 radical (unpaired) electrons. The molecule has 1 N–H and O–H groups in total. The van der Waals surface area contributed by atoms with E-state index in [1.165, 1.54) is 11.1 Å². The van der Waals surface area contributed by atoms with E-state index in [-0.39, 0.29) is 5.69 Å². The highest BCUT2D eigenvalue weighted by Crippen LogP contribution is 2.34. The van der Waals surface area contributed by atoms with Crippen molar-refractivity contribution < 1.29 is 0 Å². The Morgan fingerprint density at radius 1 is 1.06 bits per heavy atom. The number of aryl methyl sites for hydroxylation is 3. The van der Waals surface area contributed by atoms with Gasteiger partial charge < -0.3 is 4.98 Å². The molecule has 0 amide bonds. The highest BCUT2D eigenvalue weighted by Gasteiger charge is 2.18. The minimum absolute atomic E-state index is 0.0236. The Labute approximate surface area is 185 Å². The van der Waals surface area contributed by atoms with Gasteiger partial charge in [-0.25, -0.2) is 9.78 Å².